The summed E-state index contributed by atoms with van der Waals surface area (Å²) in [5.41, 5.74) is 0. The first-order valence-electron chi connectivity index (χ1n) is 11.6. The molecule has 3 heteroatoms. The maximum absolute atomic E-state index is 10.1. The predicted molar refractivity (Wildman–Crippen MR) is 123 cm³/mol. The summed E-state index contributed by atoms with van der Waals surface area (Å²) in [5.74, 6) is 0. The van der Waals surface area contributed by atoms with Crippen molar-refractivity contribution in [1.82, 2.24) is 4.90 Å². The quantitative estimate of drug-likeness (QED) is 0.155. The summed E-state index contributed by atoms with van der Waals surface area (Å²) in [6, 6.07) is 0. The minimum Gasteiger partial charge on any atom is -0.378 e. The number of nitrogens with zero attached hydrogens (tertiary/aromatic N) is 1. The van der Waals surface area contributed by atoms with E-state index in [9.17, 15) is 5.11 Å². The fourth-order valence-corrected chi connectivity index (χ4v) is 3.50. The van der Waals surface area contributed by atoms with E-state index in [1.165, 1.54) is 103 Å². The van der Waals surface area contributed by atoms with Crippen LogP contribution in [0.4, 0.5) is 0 Å². The first kappa shape index (κ1) is 28.6. The third-order valence-electron chi connectivity index (χ3n) is 5.44. The molecule has 0 radical (unpaired) electrons. The highest BCUT2D eigenvalue weighted by atomic mass is 79.9. The topological polar surface area (TPSA) is 23.5 Å². The van der Waals surface area contributed by atoms with E-state index in [1.807, 2.05) is 0 Å². The molecule has 0 saturated carbocycles. The molecule has 0 bridgehead atoms. The fourth-order valence-electron chi connectivity index (χ4n) is 3.50. The molecule has 0 aliphatic carbocycles. The molecule has 0 rings (SSSR count). The van der Waals surface area contributed by atoms with Gasteiger partial charge in [0.25, 0.3) is 0 Å². The Labute approximate surface area is 176 Å². The predicted octanol–water partition coefficient (Wildman–Crippen LogP) is 7.88. The standard InChI is InChI=1S/C23H49NO.BrH/c1-4-6-8-9-10-11-12-13-14-15-16-17-18-20-22-24(3)23(25)21-19-7-5-2;/h23,25H,4-22H2,1-3H3;1H. The Morgan fingerprint density at radius 3 is 1.35 bits per heavy atom. The van der Waals surface area contributed by atoms with Crippen LogP contribution in [0.3, 0.4) is 0 Å². The van der Waals surface area contributed by atoms with Gasteiger partial charge in [-0.2, -0.15) is 0 Å². The van der Waals surface area contributed by atoms with Gasteiger partial charge < -0.3 is 5.11 Å². The van der Waals surface area contributed by atoms with Crippen molar-refractivity contribution in [2.45, 2.75) is 136 Å². The number of aliphatic hydroxyl groups excluding tert-OH is 1. The molecule has 2 nitrogen and oxygen atoms in total. The number of aliphatic hydroxyl groups is 1. The maximum Gasteiger partial charge on any atom is 0.107 e. The van der Waals surface area contributed by atoms with Crippen LogP contribution in [0.5, 0.6) is 0 Å². The van der Waals surface area contributed by atoms with Crippen molar-refractivity contribution in [2.24, 2.45) is 0 Å². The Bertz CT molecular complexity index is 250. The van der Waals surface area contributed by atoms with E-state index in [0.29, 0.717) is 0 Å². The normalized spacial score (nSPS) is 12.3. The van der Waals surface area contributed by atoms with Gasteiger partial charge in [0.15, 0.2) is 0 Å². The number of hydrogen-bond donors (Lipinski definition) is 1. The molecule has 1 atom stereocenters. The molecule has 26 heavy (non-hydrogen) atoms. The first-order chi connectivity index (χ1) is 12.2. The van der Waals surface area contributed by atoms with Crippen molar-refractivity contribution in [3.8, 4) is 0 Å². The van der Waals surface area contributed by atoms with Gasteiger partial charge in [0.2, 0.25) is 0 Å². The van der Waals surface area contributed by atoms with Gasteiger partial charge in [-0.3, -0.25) is 4.90 Å². The highest BCUT2D eigenvalue weighted by molar-refractivity contribution is 8.93. The molecule has 0 aliphatic heterocycles. The van der Waals surface area contributed by atoms with E-state index in [2.05, 4.69) is 25.8 Å². The van der Waals surface area contributed by atoms with Gasteiger partial charge in [0.1, 0.15) is 6.23 Å². The van der Waals surface area contributed by atoms with Crippen molar-refractivity contribution in [3.63, 3.8) is 0 Å². The zero-order valence-electron chi connectivity index (χ0n) is 18.3. The van der Waals surface area contributed by atoms with Crippen molar-refractivity contribution >= 4 is 17.0 Å². The van der Waals surface area contributed by atoms with Crippen LogP contribution >= 0.6 is 17.0 Å². The number of halogens is 1. The summed E-state index contributed by atoms with van der Waals surface area (Å²) in [4.78, 5) is 2.14. The second-order valence-electron chi connectivity index (χ2n) is 8.05. The molecule has 1 N–H and O–H groups in total. The lowest BCUT2D eigenvalue weighted by Gasteiger charge is -2.23. The van der Waals surface area contributed by atoms with E-state index in [0.717, 1.165) is 19.4 Å². The minimum atomic E-state index is -0.228. The molecule has 0 spiro atoms. The van der Waals surface area contributed by atoms with Crippen LogP contribution in [-0.4, -0.2) is 29.8 Å². The Hall–Kier alpha value is 0.400. The molecular formula is C23H50BrNO. The minimum absolute atomic E-state index is 0. The molecule has 0 saturated heterocycles. The zero-order valence-corrected chi connectivity index (χ0v) is 20.0. The van der Waals surface area contributed by atoms with E-state index in [1.54, 1.807) is 0 Å². The number of rotatable bonds is 20. The second-order valence-corrected chi connectivity index (χ2v) is 8.05. The average molecular weight is 437 g/mol. The lowest BCUT2D eigenvalue weighted by molar-refractivity contribution is 0.0129. The summed E-state index contributed by atoms with van der Waals surface area (Å²) in [7, 11) is 2.07. The van der Waals surface area contributed by atoms with Gasteiger partial charge in [-0.1, -0.05) is 110 Å². The lowest BCUT2D eigenvalue weighted by Crippen LogP contribution is -2.32. The van der Waals surface area contributed by atoms with E-state index in [-0.39, 0.29) is 23.2 Å². The average Bonchev–Trinajstić information content (AvgIpc) is 2.61. The Morgan fingerprint density at radius 1 is 0.577 bits per heavy atom. The molecular weight excluding hydrogens is 386 g/mol. The monoisotopic (exact) mass is 435 g/mol. The maximum atomic E-state index is 10.1. The van der Waals surface area contributed by atoms with Crippen LogP contribution in [0.1, 0.15) is 129 Å². The van der Waals surface area contributed by atoms with Crippen molar-refractivity contribution in [1.29, 1.82) is 0 Å². The van der Waals surface area contributed by atoms with Gasteiger partial charge in [0.05, 0.1) is 0 Å². The molecule has 0 aromatic rings. The van der Waals surface area contributed by atoms with Crippen LogP contribution in [0.2, 0.25) is 0 Å². The molecule has 0 fully saturated rings. The Kier molecular flexibility index (Phi) is 25.8. The van der Waals surface area contributed by atoms with Crippen molar-refractivity contribution in [3.05, 3.63) is 0 Å². The highest BCUT2D eigenvalue weighted by Gasteiger charge is 2.09. The van der Waals surface area contributed by atoms with Crippen molar-refractivity contribution in [2.75, 3.05) is 13.6 Å². The summed E-state index contributed by atoms with van der Waals surface area (Å²) < 4.78 is 0. The van der Waals surface area contributed by atoms with E-state index < -0.39 is 0 Å². The SMILES string of the molecule is Br.CCCCCCCCCCCCCCCCN(C)C(O)CCCCC. The number of hydrogen-bond acceptors (Lipinski definition) is 2. The van der Waals surface area contributed by atoms with E-state index >= 15 is 0 Å². The highest BCUT2D eigenvalue weighted by Crippen LogP contribution is 2.13. The first-order valence-corrected chi connectivity index (χ1v) is 11.6. The Morgan fingerprint density at radius 2 is 0.923 bits per heavy atom. The van der Waals surface area contributed by atoms with Crippen LogP contribution in [0.15, 0.2) is 0 Å². The third kappa shape index (κ3) is 20.7. The smallest absolute Gasteiger partial charge is 0.107 e. The summed E-state index contributed by atoms with van der Waals surface area (Å²) in [5, 5.41) is 10.1. The molecule has 0 aromatic heterocycles. The summed E-state index contributed by atoms with van der Waals surface area (Å²) in [6.07, 6.45) is 24.0. The van der Waals surface area contributed by atoms with Crippen LogP contribution < -0.4 is 0 Å². The molecule has 1 unspecified atom stereocenters. The molecule has 0 aliphatic rings. The molecule has 160 valence electrons. The largest absolute Gasteiger partial charge is 0.378 e. The van der Waals surface area contributed by atoms with Gasteiger partial charge in [-0.05, 0) is 26.3 Å². The zero-order chi connectivity index (χ0) is 18.6. The van der Waals surface area contributed by atoms with Crippen LogP contribution in [0, 0.1) is 0 Å². The Balaban J connectivity index is 0. The van der Waals surface area contributed by atoms with E-state index in [4.69, 9.17) is 0 Å². The fraction of sp³-hybridized carbons (Fsp3) is 1.00. The van der Waals surface area contributed by atoms with Gasteiger partial charge in [-0.25, -0.2) is 0 Å². The van der Waals surface area contributed by atoms with Gasteiger partial charge >= 0.3 is 0 Å². The summed E-state index contributed by atoms with van der Waals surface area (Å²) in [6.45, 7) is 5.55. The van der Waals surface area contributed by atoms with Gasteiger partial charge in [-0.15, -0.1) is 17.0 Å². The molecule has 0 heterocycles. The molecule has 0 amide bonds. The number of unbranched alkanes of at least 4 members (excludes halogenated alkanes) is 15. The second kappa shape index (κ2) is 23.4. The van der Waals surface area contributed by atoms with Crippen molar-refractivity contribution < 1.29 is 5.11 Å². The van der Waals surface area contributed by atoms with Gasteiger partial charge in [0, 0.05) is 6.54 Å². The summed E-state index contributed by atoms with van der Waals surface area (Å²) >= 11 is 0. The third-order valence-corrected chi connectivity index (χ3v) is 5.44. The van der Waals surface area contributed by atoms with Crippen LogP contribution in [0.25, 0.3) is 0 Å². The lowest BCUT2D eigenvalue weighted by atomic mass is 10.0. The van der Waals surface area contributed by atoms with Crippen LogP contribution in [-0.2, 0) is 0 Å². The molecule has 0 aromatic carbocycles.